The number of fused-ring (bicyclic) bond motifs is 3. The van der Waals surface area contributed by atoms with Gasteiger partial charge in [0.15, 0.2) is 34.7 Å². The zero-order chi connectivity index (χ0) is 29.3. The van der Waals surface area contributed by atoms with Crippen LogP contribution >= 0.6 is 0 Å². The van der Waals surface area contributed by atoms with Crippen molar-refractivity contribution in [3.63, 3.8) is 0 Å². The minimum atomic E-state index is -2.69. The van der Waals surface area contributed by atoms with Gasteiger partial charge in [-0.25, -0.2) is 0 Å². The number of nitrogens with one attached hydrogen (secondary N) is 1. The number of amides is 2. The van der Waals surface area contributed by atoms with Crippen LogP contribution in [0.15, 0.2) is 6.07 Å². The first-order valence-corrected chi connectivity index (χ1v) is 13.5. The summed E-state index contributed by atoms with van der Waals surface area (Å²) in [5, 5.41) is 25.5. The zero-order valence-electron chi connectivity index (χ0n) is 22.7. The normalized spacial score (nSPS) is 31.9. The van der Waals surface area contributed by atoms with Gasteiger partial charge in [-0.3, -0.25) is 33.7 Å². The second kappa shape index (κ2) is 9.77. The number of ketones is 4. The maximum absolute atomic E-state index is 13.9. The summed E-state index contributed by atoms with van der Waals surface area (Å²) in [4.78, 5) is 81.6. The van der Waals surface area contributed by atoms with E-state index in [9.17, 15) is 39.0 Å². The largest absolute Gasteiger partial charge is 0.507 e. The predicted molar refractivity (Wildman–Crippen MR) is 140 cm³/mol. The van der Waals surface area contributed by atoms with Crippen LogP contribution in [0, 0.1) is 23.7 Å². The summed E-state index contributed by atoms with van der Waals surface area (Å²) in [5.41, 5.74) is 3.88. The molecule has 0 aromatic heterocycles. The number of nitrogens with two attached hydrogens (primary N) is 1. The quantitative estimate of drug-likeness (QED) is 0.332. The number of likely N-dealkylation sites (N-methyl/N-ethyl adjacent to an activating group) is 1. The molecule has 12 nitrogen and oxygen atoms in total. The number of carbonyl (C=O) groups excluding carboxylic acids is 6. The van der Waals surface area contributed by atoms with Crippen molar-refractivity contribution in [3.8, 4) is 5.75 Å². The number of hydrogen-bond acceptors (Lipinski definition) is 10. The standard InChI is InChI=1S/C28H34N4O8/c1-31(2)17-9-13(11-30-27(39)16-5-4-6-32(16)3)22(34)20-15(17)8-12-7-14-10-18(33)21(26(29)38)25(37)28(14,40)24(36)19(12)23(20)35/h9,12,14,16,19,21,34,40H,4-8,10-11H2,1-3H3,(H2,29,38)(H,30,39)/t12-,14+,16+,19?,21?,28+/m1/s1. The molecule has 1 aromatic carbocycles. The summed E-state index contributed by atoms with van der Waals surface area (Å²) in [5.74, 6) is -10.7. The molecule has 0 spiro atoms. The Bertz CT molecular complexity index is 1360. The van der Waals surface area contributed by atoms with Crippen LogP contribution in [0.3, 0.4) is 0 Å². The fraction of sp³-hybridized carbons (Fsp3) is 0.571. The number of Topliss-reactive ketones (excluding diaryl/α,β-unsaturated/α-hetero) is 4. The van der Waals surface area contributed by atoms with E-state index in [1.807, 2.05) is 11.9 Å². The molecule has 5 N–H and O–H groups in total. The summed E-state index contributed by atoms with van der Waals surface area (Å²) < 4.78 is 0. The number of anilines is 1. The van der Waals surface area contributed by atoms with Gasteiger partial charge in [0, 0.05) is 44.2 Å². The number of likely N-dealkylation sites (tertiary alicyclic amines) is 1. The Labute approximate surface area is 230 Å². The van der Waals surface area contributed by atoms with Crippen LogP contribution in [0.25, 0.3) is 0 Å². The fourth-order valence-corrected chi connectivity index (χ4v) is 7.14. The van der Waals surface area contributed by atoms with Crippen molar-refractivity contribution in [2.75, 3.05) is 32.6 Å². The van der Waals surface area contributed by atoms with Gasteiger partial charge in [0.2, 0.25) is 11.8 Å². The van der Waals surface area contributed by atoms with Crippen molar-refractivity contribution in [1.29, 1.82) is 0 Å². The first kappa shape index (κ1) is 27.9. The van der Waals surface area contributed by atoms with Gasteiger partial charge in [-0.2, -0.15) is 0 Å². The Morgan fingerprint density at radius 2 is 1.88 bits per heavy atom. The van der Waals surface area contributed by atoms with E-state index in [4.69, 9.17) is 5.73 Å². The number of rotatable bonds is 5. The van der Waals surface area contributed by atoms with Gasteiger partial charge in [0.1, 0.15) is 5.75 Å². The van der Waals surface area contributed by atoms with Gasteiger partial charge < -0.3 is 26.2 Å². The molecule has 12 heteroatoms. The molecular weight excluding hydrogens is 520 g/mol. The number of benzene rings is 1. The van der Waals surface area contributed by atoms with E-state index in [-0.39, 0.29) is 54.6 Å². The SMILES string of the molecule is CN(C)c1cc(CNC(=O)[C@@H]2CCCN2C)c(O)c2c1C[C@H]1C[C@H]3CC(=O)C(C(N)=O)C(=O)[C@@]3(O)C(=O)C1C2=O. The van der Waals surface area contributed by atoms with Crippen LogP contribution in [0.5, 0.6) is 5.75 Å². The maximum atomic E-state index is 13.9. The minimum Gasteiger partial charge on any atom is -0.507 e. The third-order valence-corrected chi connectivity index (χ3v) is 9.22. The highest BCUT2D eigenvalue weighted by Gasteiger charge is 2.66. The molecule has 0 radical (unpaired) electrons. The number of hydrogen-bond donors (Lipinski definition) is 4. The fourth-order valence-electron chi connectivity index (χ4n) is 7.14. The Kier molecular flexibility index (Phi) is 6.82. The number of aromatic hydroxyl groups is 1. The van der Waals surface area contributed by atoms with E-state index < -0.39 is 58.3 Å². The van der Waals surface area contributed by atoms with Crippen molar-refractivity contribution in [3.05, 3.63) is 22.8 Å². The third-order valence-electron chi connectivity index (χ3n) is 9.22. The highest BCUT2D eigenvalue weighted by atomic mass is 16.3. The summed E-state index contributed by atoms with van der Waals surface area (Å²) in [6.07, 6.45) is 1.45. The summed E-state index contributed by atoms with van der Waals surface area (Å²) in [6, 6.07) is 1.42. The zero-order valence-corrected chi connectivity index (χ0v) is 22.7. The number of phenolic OH excluding ortho intramolecular Hbond substituents is 1. The molecule has 0 bridgehead atoms. The van der Waals surface area contributed by atoms with Gasteiger partial charge in [0.05, 0.1) is 17.5 Å². The van der Waals surface area contributed by atoms with Crippen LogP contribution in [-0.4, -0.2) is 89.4 Å². The molecule has 4 aliphatic rings. The molecule has 1 aliphatic heterocycles. The summed E-state index contributed by atoms with van der Waals surface area (Å²) >= 11 is 0. The molecule has 2 unspecified atom stereocenters. The van der Waals surface area contributed by atoms with Crippen molar-refractivity contribution >= 4 is 40.6 Å². The van der Waals surface area contributed by atoms with Crippen LogP contribution in [0.2, 0.25) is 0 Å². The highest BCUT2D eigenvalue weighted by Crippen LogP contribution is 2.51. The van der Waals surface area contributed by atoms with E-state index in [2.05, 4.69) is 5.32 Å². The predicted octanol–water partition coefficient (Wildman–Crippen LogP) is -0.897. The highest BCUT2D eigenvalue weighted by molar-refractivity contribution is 6.31. The molecule has 5 rings (SSSR count). The van der Waals surface area contributed by atoms with Crippen molar-refractivity contribution < 1.29 is 39.0 Å². The molecule has 3 aliphatic carbocycles. The smallest absolute Gasteiger partial charge is 0.237 e. The summed E-state index contributed by atoms with van der Waals surface area (Å²) in [7, 11) is 5.41. The first-order valence-electron chi connectivity index (χ1n) is 13.5. The number of primary amides is 1. The second-order valence-electron chi connectivity index (χ2n) is 11.7. The average molecular weight is 555 g/mol. The summed E-state index contributed by atoms with van der Waals surface area (Å²) in [6.45, 7) is 0.757. The maximum Gasteiger partial charge on any atom is 0.237 e. The van der Waals surface area contributed by atoms with Crippen LogP contribution in [0.1, 0.15) is 47.2 Å². The molecular formula is C28H34N4O8. The van der Waals surface area contributed by atoms with Crippen LogP contribution in [-0.2, 0) is 36.9 Å². The molecule has 1 heterocycles. The minimum absolute atomic E-state index is 0.0292. The molecule has 40 heavy (non-hydrogen) atoms. The Hall–Kier alpha value is -3.64. The lowest BCUT2D eigenvalue weighted by Crippen LogP contribution is -2.68. The Morgan fingerprint density at radius 1 is 1.18 bits per heavy atom. The lowest BCUT2D eigenvalue weighted by Gasteiger charge is -2.48. The second-order valence-corrected chi connectivity index (χ2v) is 11.7. The van der Waals surface area contributed by atoms with Crippen LogP contribution < -0.4 is 16.0 Å². The molecule has 1 aromatic rings. The average Bonchev–Trinajstić information content (AvgIpc) is 3.31. The van der Waals surface area contributed by atoms with E-state index in [1.54, 1.807) is 25.1 Å². The molecule has 2 saturated carbocycles. The number of aliphatic hydroxyl groups is 1. The van der Waals surface area contributed by atoms with E-state index in [0.29, 0.717) is 11.3 Å². The topological polar surface area (TPSA) is 187 Å². The van der Waals surface area contributed by atoms with Gasteiger partial charge in [-0.15, -0.1) is 0 Å². The van der Waals surface area contributed by atoms with E-state index >= 15 is 0 Å². The van der Waals surface area contributed by atoms with Crippen molar-refractivity contribution in [2.24, 2.45) is 29.4 Å². The van der Waals surface area contributed by atoms with E-state index in [0.717, 1.165) is 19.4 Å². The number of carbonyl (C=O) groups is 6. The molecule has 214 valence electrons. The van der Waals surface area contributed by atoms with Gasteiger partial charge in [0.25, 0.3) is 0 Å². The molecule has 2 amide bonds. The molecule has 3 fully saturated rings. The van der Waals surface area contributed by atoms with Crippen LogP contribution in [0.4, 0.5) is 5.69 Å². The van der Waals surface area contributed by atoms with Gasteiger partial charge in [-0.05, 0) is 56.8 Å². The van der Waals surface area contributed by atoms with Crippen molar-refractivity contribution in [1.82, 2.24) is 10.2 Å². The van der Waals surface area contributed by atoms with E-state index in [1.165, 1.54) is 0 Å². The number of nitrogens with zero attached hydrogens (tertiary/aromatic N) is 2. The van der Waals surface area contributed by atoms with Crippen molar-refractivity contribution in [2.45, 2.75) is 50.3 Å². The Balaban J connectivity index is 1.51. The monoisotopic (exact) mass is 554 g/mol. The first-order chi connectivity index (χ1) is 18.8. The number of phenols is 1. The third kappa shape index (κ3) is 4.03. The molecule has 6 atom stereocenters. The van der Waals surface area contributed by atoms with Gasteiger partial charge >= 0.3 is 0 Å². The Morgan fingerprint density at radius 3 is 2.48 bits per heavy atom. The lowest BCUT2D eigenvalue weighted by atomic mass is 9.53. The van der Waals surface area contributed by atoms with Gasteiger partial charge in [-0.1, -0.05) is 0 Å². The molecule has 1 saturated heterocycles. The lowest BCUT2D eigenvalue weighted by molar-refractivity contribution is -0.175.